The lowest BCUT2D eigenvalue weighted by Gasteiger charge is -2.39. The monoisotopic (exact) mass is 431 g/mol. The van der Waals surface area contributed by atoms with Crippen LogP contribution in [0, 0.1) is 23.1 Å². The van der Waals surface area contributed by atoms with Gasteiger partial charge in [-0.05, 0) is 39.0 Å². The summed E-state index contributed by atoms with van der Waals surface area (Å²) in [6, 6.07) is 6.22. The second-order valence-corrected chi connectivity index (χ2v) is 8.62. The number of ether oxygens (including phenoxy) is 1. The number of rotatable bonds is 2. The van der Waals surface area contributed by atoms with E-state index in [-0.39, 0.29) is 24.4 Å². The molecule has 3 rings (SSSR count). The molecule has 1 N–H and O–H groups in total. The third kappa shape index (κ3) is 5.42. The molecule has 0 saturated carbocycles. The van der Waals surface area contributed by atoms with Crippen molar-refractivity contribution in [2.45, 2.75) is 32.8 Å². The lowest BCUT2D eigenvalue weighted by molar-refractivity contribution is -0.144. The molecule has 0 aliphatic carbocycles. The quantitative estimate of drug-likeness (QED) is 0.763. The molecular formula is C21H26FN5O4. The predicted molar refractivity (Wildman–Crippen MR) is 109 cm³/mol. The number of nitriles is 1. The number of piperazine rings is 1. The number of anilines is 1. The number of hydrogen-bond acceptors (Lipinski definition) is 6. The molecule has 3 amide bonds. The van der Waals surface area contributed by atoms with E-state index in [4.69, 9.17) is 10.00 Å². The van der Waals surface area contributed by atoms with Crippen LogP contribution in [-0.2, 0) is 14.3 Å². The number of carbonyl (C=O) groups is 3. The summed E-state index contributed by atoms with van der Waals surface area (Å²) in [5.41, 5.74) is 2.36. The van der Waals surface area contributed by atoms with Crippen molar-refractivity contribution >= 4 is 23.6 Å². The Hall–Kier alpha value is -3.35. The van der Waals surface area contributed by atoms with Gasteiger partial charge < -0.3 is 14.5 Å². The number of carbonyl (C=O) groups excluding carboxylic acids is 3. The lowest BCUT2D eigenvalue weighted by atomic mass is 10.0. The second-order valence-electron chi connectivity index (χ2n) is 8.62. The van der Waals surface area contributed by atoms with Gasteiger partial charge in [0.05, 0.1) is 29.8 Å². The summed E-state index contributed by atoms with van der Waals surface area (Å²) in [7, 11) is 0. The number of amides is 3. The molecule has 2 aliphatic heterocycles. The van der Waals surface area contributed by atoms with Gasteiger partial charge in [0.2, 0.25) is 11.8 Å². The van der Waals surface area contributed by atoms with Crippen LogP contribution in [0.3, 0.4) is 0 Å². The Bertz CT molecular complexity index is 915. The van der Waals surface area contributed by atoms with E-state index in [1.165, 1.54) is 6.07 Å². The lowest BCUT2D eigenvalue weighted by Crippen LogP contribution is -2.58. The SMILES string of the molecule is CC(C)(C)OC(=O)N1C[C@@H](C(=O)N2CCN(c3ccc(C#N)cc3F)CC2)CC(=O)N1. The molecule has 0 aromatic heterocycles. The first kappa shape index (κ1) is 22.3. The van der Waals surface area contributed by atoms with Crippen molar-refractivity contribution < 1.29 is 23.5 Å². The fourth-order valence-electron chi connectivity index (χ4n) is 3.61. The number of benzene rings is 1. The zero-order valence-electron chi connectivity index (χ0n) is 17.9. The van der Waals surface area contributed by atoms with Crippen LogP contribution >= 0.6 is 0 Å². The molecule has 2 heterocycles. The van der Waals surface area contributed by atoms with Gasteiger partial charge in [0.1, 0.15) is 11.4 Å². The van der Waals surface area contributed by atoms with Crippen molar-refractivity contribution in [3.8, 4) is 6.07 Å². The van der Waals surface area contributed by atoms with Gasteiger partial charge in [-0.2, -0.15) is 5.26 Å². The van der Waals surface area contributed by atoms with E-state index in [0.29, 0.717) is 31.9 Å². The van der Waals surface area contributed by atoms with E-state index in [9.17, 15) is 18.8 Å². The third-order valence-corrected chi connectivity index (χ3v) is 5.07. The Morgan fingerprint density at radius 1 is 1.23 bits per heavy atom. The summed E-state index contributed by atoms with van der Waals surface area (Å²) in [6.45, 7) is 6.75. The van der Waals surface area contributed by atoms with Crippen LogP contribution in [0.1, 0.15) is 32.8 Å². The molecule has 0 radical (unpaired) electrons. The van der Waals surface area contributed by atoms with E-state index >= 15 is 0 Å². The fraction of sp³-hybridized carbons (Fsp3) is 0.524. The average molecular weight is 431 g/mol. The van der Waals surface area contributed by atoms with Crippen molar-refractivity contribution in [1.29, 1.82) is 5.26 Å². The Kier molecular flexibility index (Phi) is 6.34. The fourth-order valence-corrected chi connectivity index (χ4v) is 3.61. The Morgan fingerprint density at radius 2 is 1.90 bits per heavy atom. The largest absolute Gasteiger partial charge is 0.442 e. The van der Waals surface area contributed by atoms with E-state index < -0.39 is 29.3 Å². The molecule has 2 aliphatic rings. The molecule has 0 spiro atoms. The summed E-state index contributed by atoms with van der Waals surface area (Å²) < 4.78 is 19.6. The first-order valence-corrected chi connectivity index (χ1v) is 10.1. The number of hydrogen-bond donors (Lipinski definition) is 1. The second kappa shape index (κ2) is 8.79. The van der Waals surface area contributed by atoms with E-state index in [1.54, 1.807) is 37.8 Å². The van der Waals surface area contributed by atoms with Crippen LogP contribution in [0.25, 0.3) is 0 Å². The molecule has 0 unspecified atom stereocenters. The summed E-state index contributed by atoms with van der Waals surface area (Å²) in [4.78, 5) is 40.8. The van der Waals surface area contributed by atoms with Gasteiger partial charge in [-0.15, -0.1) is 0 Å². The number of nitrogens with zero attached hydrogens (tertiary/aromatic N) is 4. The predicted octanol–water partition coefficient (Wildman–Crippen LogP) is 1.63. The zero-order valence-corrected chi connectivity index (χ0v) is 17.9. The van der Waals surface area contributed by atoms with Crippen molar-refractivity contribution in [3.63, 3.8) is 0 Å². The highest BCUT2D eigenvalue weighted by atomic mass is 19.1. The van der Waals surface area contributed by atoms with Crippen LogP contribution in [0.5, 0.6) is 0 Å². The van der Waals surface area contributed by atoms with Gasteiger partial charge in [0.25, 0.3) is 0 Å². The van der Waals surface area contributed by atoms with Crippen molar-refractivity contribution in [3.05, 3.63) is 29.6 Å². The molecule has 10 heteroatoms. The van der Waals surface area contributed by atoms with Gasteiger partial charge in [0, 0.05) is 32.6 Å². The first-order valence-electron chi connectivity index (χ1n) is 10.1. The minimum Gasteiger partial charge on any atom is -0.442 e. The highest BCUT2D eigenvalue weighted by Gasteiger charge is 2.37. The maximum Gasteiger partial charge on any atom is 0.429 e. The maximum atomic E-state index is 14.3. The molecular weight excluding hydrogens is 405 g/mol. The summed E-state index contributed by atoms with van der Waals surface area (Å²) >= 11 is 0. The smallest absolute Gasteiger partial charge is 0.429 e. The molecule has 31 heavy (non-hydrogen) atoms. The van der Waals surface area contributed by atoms with E-state index in [0.717, 1.165) is 5.01 Å². The Morgan fingerprint density at radius 3 is 2.48 bits per heavy atom. The normalized spacial score (nSPS) is 19.5. The van der Waals surface area contributed by atoms with Crippen LogP contribution in [0.4, 0.5) is 14.9 Å². The number of nitrogens with one attached hydrogen (secondary N) is 1. The highest BCUT2D eigenvalue weighted by molar-refractivity contribution is 5.89. The van der Waals surface area contributed by atoms with Gasteiger partial charge in [-0.1, -0.05) is 0 Å². The van der Waals surface area contributed by atoms with Crippen molar-refractivity contribution in [2.75, 3.05) is 37.6 Å². The van der Waals surface area contributed by atoms with Gasteiger partial charge in [-0.3, -0.25) is 15.0 Å². The Balaban J connectivity index is 1.60. The van der Waals surface area contributed by atoms with Crippen LogP contribution < -0.4 is 10.3 Å². The molecule has 0 bridgehead atoms. The average Bonchev–Trinajstić information content (AvgIpc) is 2.71. The molecule has 1 atom stereocenters. The molecule has 1 aromatic rings. The summed E-state index contributed by atoms with van der Waals surface area (Å²) in [6.07, 6.45) is -0.720. The van der Waals surface area contributed by atoms with Crippen LogP contribution in [0.15, 0.2) is 18.2 Å². The standard InChI is InChI=1S/C21H26FN5O4/c1-21(2,3)31-20(30)27-13-15(11-18(28)24-27)19(29)26-8-6-25(7-9-26)17-5-4-14(12-23)10-16(17)22/h4-5,10,15H,6-9,11,13H2,1-3H3,(H,24,28)/t15-/m0/s1. The number of halogens is 1. The first-order chi connectivity index (χ1) is 14.6. The number of hydrazine groups is 1. The zero-order chi connectivity index (χ0) is 22.8. The topological polar surface area (TPSA) is 106 Å². The molecule has 2 saturated heterocycles. The molecule has 1 aromatic carbocycles. The van der Waals surface area contributed by atoms with Crippen LogP contribution in [0.2, 0.25) is 0 Å². The van der Waals surface area contributed by atoms with Crippen LogP contribution in [-0.4, -0.2) is 66.1 Å². The molecule has 166 valence electrons. The maximum absolute atomic E-state index is 14.3. The van der Waals surface area contributed by atoms with E-state index in [1.807, 2.05) is 11.0 Å². The van der Waals surface area contributed by atoms with Gasteiger partial charge >= 0.3 is 6.09 Å². The highest BCUT2D eigenvalue weighted by Crippen LogP contribution is 2.23. The summed E-state index contributed by atoms with van der Waals surface area (Å²) in [5, 5.41) is 9.92. The molecule has 9 nitrogen and oxygen atoms in total. The summed E-state index contributed by atoms with van der Waals surface area (Å²) in [5.74, 6) is -1.78. The minimum absolute atomic E-state index is 0.0113. The minimum atomic E-state index is -0.726. The van der Waals surface area contributed by atoms with Gasteiger partial charge in [0.15, 0.2) is 0 Å². The molecule has 2 fully saturated rings. The van der Waals surface area contributed by atoms with E-state index in [2.05, 4.69) is 5.43 Å². The van der Waals surface area contributed by atoms with Gasteiger partial charge in [-0.25, -0.2) is 14.2 Å². The Labute approximate surface area is 180 Å². The third-order valence-electron chi connectivity index (χ3n) is 5.07. The van der Waals surface area contributed by atoms with Crippen molar-refractivity contribution in [1.82, 2.24) is 15.3 Å². The van der Waals surface area contributed by atoms with Crippen molar-refractivity contribution in [2.24, 2.45) is 5.92 Å².